The molecule has 0 saturated carbocycles. The van der Waals surface area contributed by atoms with Crippen molar-refractivity contribution in [1.82, 2.24) is 25.1 Å². The van der Waals surface area contributed by atoms with Crippen LogP contribution in [0.3, 0.4) is 0 Å². The first-order valence-corrected chi connectivity index (χ1v) is 10.0. The second-order valence-corrected chi connectivity index (χ2v) is 7.02. The third-order valence-electron chi connectivity index (χ3n) is 5.14. The minimum Gasteiger partial charge on any atom is -0.497 e. The normalized spacial score (nSPS) is 15.5. The van der Waals surface area contributed by atoms with Crippen LogP contribution in [0.4, 0.5) is 0 Å². The third kappa shape index (κ3) is 3.75. The lowest BCUT2D eigenvalue weighted by molar-refractivity contribution is -0.00114. The van der Waals surface area contributed by atoms with Gasteiger partial charge in [-0.15, -0.1) is 5.10 Å². The number of nitrogens with zero attached hydrogens (tertiary/aromatic N) is 5. The molecule has 0 spiro atoms. The Labute approximate surface area is 178 Å². The Morgan fingerprint density at radius 2 is 1.84 bits per heavy atom. The van der Waals surface area contributed by atoms with Gasteiger partial charge in [0.05, 0.1) is 32.6 Å². The first-order valence-electron chi connectivity index (χ1n) is 10.0. The number of rotatable bonds is 6. The average Bonchev–Trinajstić information content (AvgIpc) is 3.46. The highest BCUT2D eigenvalue weighted by atomic mass is 16.5. The quantitative estimate of drug-likeness (QED) is 0.467. The third-order valence-corrected chi connectivity index (χ3v) is 5.14. The van der Waals surface area contributed by atoms with E-state index >= 15 is 0 Å². The topological polar surface area (TPSA) is 97.3 Å². The van der Waals surface area contributed by atoms with Gasteiger partial charge in [0, 0.05) is 5.56 Å². The van der Waals surface area contributed by atoms with Crippen molar-refractivity contribution < 1.29 is 18.7 Å². The lowest BCUT2D eigenvalue weighted by Gasteiger charge is -2.24. The van der Waals surface area contributed by atoms with Gasteiger partial charge in [-0.1, -0.05) is 22.5 Å². The molecule has 3 heterocycles. The maximum atomic E-state index is 6.07. The summed E-state index contributed by atoms with van der Waals surface area (Å²) in [5.41, 5.74) is 3.25. The molecule has 2 aromatic heterocycles. The molecule has 1 aliphatic heterocycles. The Morgan fingerprint density at radius 3 is 2.58 bits per heavy atom. The number of hydrogen-bond donors (Lipinski definition) is 0. The van der Waals surface area contributed by atoms with Crippen LogP contribution in [0, 0.1) is 0 Å². The molecular weight excluding hydrogens is 398 g/mol. The minimum absolute atomic E-state index is 0.113. The summed E-state index contributed by atoms with van der Waals surface area (Å²) in [4.78, 5) is 4.50. The van der Waals surface area contributed by atoms with Crippen LogP contribution in [0.2, 0.25) is 0 Å². The van der Waals surface area contributed by atoms with Gasteiger partial charge in [0.1, 0.15) is 17.6 Å². The largest absolute Gasteiger partial charge is 0.497 e. The lowest BCUT2D eigenvalue weighted by atomic mass is 10.1. The zero-order chi connectivity index (χ0) is 21.2. The number of methoxy groups -OCH3 is 1. The highest BCUT2D eigenvalue weighted by molar-refractivity contribution is 5.59. The summed E-state index contributed by atoms with van der Waals surface area (Å²) in [6.07, 6.45) is -0.113. The highest BCUT2D eigenvalue weighted by Gasteiger charge is 2.27. The van der Waals surface area contributed by atoms with Gasteiger partial charge in [-0.2, -0.15) is 4.98 Å². The van der Waals surface area contributed by atoms with Gasteiger partial charge < -0.3 is 18.7 Å². The molecule has 5 rings (SSSR count). The fraction of sp³-hybridized carbons (Fsp3) is 0.273. The Morgan fingerprint density at radius 1 is 1.06 bits per heavy atom. The summed E-state index contributed by atoms with van der Waals surface area (Å²) in [6, 6.07) is 15.3. The van der Waals surface area contributed by atoms with Crippen LogP contribution in [0.1, 0.15) is 24.3 Å². The number of fused-ring (bicyclic) bond motifs is 1. The Hall–Kier alpha value is -3.72. The van der Waals surface area contributed by atoms with Gasteiger partial charge in [0.15, 0.2) is 5.69 Å². The number of benzene rings is 2. The molecule has 0 bridgehead atoms. The first-order chi connectivity index (χ1) is 15.2. The number of hydrogen-bond acceptors (Lipinski definition) is 8. The van der Waals surface area contributed by atoms with E-state index in [2.05, 4.69) is 20.5 Å². The van der Waals surface area contributed by atoms with Crippen molar-refractivity contribution in [2.75, 3.05) is 13.7 Å². The van der Waals surface area contributed by atoms with Crippen LogP contribution in [0.15, 0.2) is 53.1 Å². The summed E-state index contributed by atoms with van der Waals surface area (Å²) >= 11 is 0. The van der Waals surface area contributed by atoms with Crippen molar-refractivity contribution in [2.24, 2.45) is 0 Å². The van der Waals surface area contributed by atoms with Crippen molar-refractivity contribution in [1.29, 1.82) is 0 Å². The molecule has 9 nitrogen and oxygen atoms in total. The molecule has 9 heteroatoms. The summed E-state index contributed by atoms with van der Waals surface area (Å²) in [6.45, 7) is 3.47. The van der Waals surface area contributed by atoms with Crippen molar-refractivity contribution in [3.05, 3.63) is 59.8 Å². The molecule has 0 amide bonds. The van der Waals surface area contributed by atoms with Crippen LogP contribution in [0.25, 0.3) is 23.0 Å². The molecule has 2 aromatic carbocycles. The molecule has 0 radical (unpaired) electrons. The Balaban J connectivity index is 1.35. The molecule has 158 valence electrons. The van der Waals surface area contributed by atoms with Crippen molar-refractivity contribution in [2.45, 2.75) is 26.2 Å². The molecule has 1 atom stereocenters. The zero-order valence-corrected chi connectivity index (χ0v) is 17.2. The molecule has 0 aliphatic carbocycles. The predicted octanol–water partition coefficient (Wildman–Crippen LogP) is 3.67. The summed E-state index contributed by atoms with van der Waals surface area (Å²) in [5, 5.41) is 12.7. The van der Waals surface area contributed by atoms with Crippen LogP contribution >= 0.6 is 0 Å². The average molecular weight is 419 g/mol. The minimum atomic E-state index is -0.113. The molecule has 0 unspecified atom stereocenters. The molecule has 4 aromatic rings. The van der Waals surface area contributed by atoms with Crippen molar-refractivity contribution in [3.8, 4) is 34.5 Å². The molecule has 31 heavy (non-hydrogen) atoms. The summed E-state index contributed by atoms with van der Waals surface area (Å²) < 4.78 is 24.0. The second-order valence-electron chi connectivity index (χ2n) is 7.02. The lowest BCUT2D eigenvalue weighted by Crippen LogP contribution is -2.22. The summed E-state index contributed by atoms with van der Waals surface area (Å²) in [5.74, 6) is 2.40. The van der Waals surface area contributed by atoms with E-state index in [1.165, 1.54) is 0 Å². The fourth-order valence-electron chi connectivity index (χ4n) is 3.50. The van der Waals surface area contributed by atoms with E-state index in [1.807, 2.05) is 60.1 Å². The SMILES string of the molecule is CCOc1ccc(-c2nc(-c3nnn4c3CO[C@@H](c3ccc(OC)cc3)C4)no2)cc1. The van der Waals surface area contributed by atoms with Gasteiger partial charge in [0.25, 0.3) is 5.89 Å². The van der Waals surface area contributed by atoms with E-state index in [1.54, 1.807) is 7.11 Å². The van der Waals surface area contributed by atoms with Crippen LogP contribution in [-0.4, -0.2) is 38.9 Å². The fourth-order valence-corrected chi connectivity index (χ4v) is 3.50. The highest BCUT2D eigenvalue weighted by Crippen LogP contribution is 2.31. The van der Waals surface area contributed by atoms with Gasteiger partial charge in [-0.25, -0.2) is 4.68 Å². The van der Waals surface area contributed by atoms with E-state index in [0.29, 0.717) is 37.2 Å². The molecule has 0 fully saturated rings. The maximum Gasteiger partial charge on any atom is 0.258 e. The number of ether oxygens (including phenoxy) is 3. The maximum absolute atomic E-state index is 6.07. The van der Waals surface area contributed by atoms with Crippen molar-refractivity contribution >= 4 is 0 Å². The van der Waals surface area contributed by atoms with Crippen LogP contribution in [0.5, 0.6) is 11.5 Å². The second kappa shape index (κ2) is 8.19. The first kappa shape index (κ1) is 19.3. The molecule has 0 saturated heterocycles. The summed E-state index contributed by atoms with van der Waals surface area (Å²) in [7, 11) is 1.65. The van der Waals surface area contributed by atoms with E-state index in [9.17, 15) is 0 Å². The smallest absolute Gasteiger partial charge is 0.258 e. The standard InChI is InChI=1S/C22H21N5O4/c1-3-29-17-10-6-15(7-11-17)22-23-21(25-31-22)20-18-13-30-19(12-27(18)26-24-20)14-4-8-16(28-2)9-5-14/h4-11,19H,3,12-13H2,1-2H3/t19-/m1/s1. The molecule has 1 aliphatic rings. The number of aromatic nitrogens is 5. The van der Waals surface area contributed by atoms with Gasteiger partial charge in [0.2, 0.25) is 5.82 Å². The molecule has 0 N–H and O–H groups in total. The van der Waals surface area contributed by atoms with Gasteiger partial charge >= 0.3 is 0 Å². The van der Waals surface area contributed by atoms with Crippen LogP contribution < -0.4 is 9.47 Å². The zero-order valence-electron chi connectivity index (χ0n) is 17.2. The predicted molar refractivity (Wildman–Crippen MR) is 110 cm³/mol. The Bertz CT molecular complexity index is 1170. The van der Waals surface area contributed by atoms with E-state index in [0.717, 1.165) is 28.3 Å². The van der Waals surface area contributed by atoms with Crippen molar-refractivity contribution in [3.63, 3.8) is 0 Å². The van der Waals surface area contributed by atoms with Gasteiger partial charge in [-0.3, -0.25) is 0 Å². The monoisotopic (exact) mass is 419 g/mol. The molecular formula is C22H21N5O4. The van der Waals surface area contributed by atoms with E-state index in [-0.39, 0.29) is 6.10 Å². The van der Waals surface area contributed by atoms with E-state index < -0.39 is 0 Å². The van der Waals surface area contributed by atoms with E-state index in [4.69, 9.17) is 18.7 Å². The van der Waals surface area contributed by atoms with Gasteiger partial charge in [-0.05, 0) is 48.9 Å². The Kier molecular flexibility index (Phi) is 5.09. The van der Waals surface area contributed by atoms with Crippen LogP contribution in [-0.2, 0) is 17.9 Å².